The number of hydrogen-bond acceptors (Lipinski definition) is 4. The van der Waals surface area contributed by atoms with Gasteiger partial charge in [-0.2, -0.15) is 31.6 Å². The van der Waals surface area contributed by atoms with Crippen LogP contribution in [-0.4, -0.2) is 40.5 Å². The summed E-state index contributed by atoms with van der Waals surface area (Å²) in [7, 11) is -3.67. The Morgan fingerprint density at radius 3 is 2.24 bits per heavy atom. The van der Waals surface area contributed by atoms with Crippen molar-refractivity contribution in [2.24, 2.45) is 0 Å². The third-order valence-electron chi connectivity index (χ3n) is 2.91. The fourth-order valence-electron chi connectivity index (χ4n) is 1.94. The Hall–Kier alpha value is -2.00. The van der Waals surface area contributed by atoms with Gasteiger partial charge in [0.2, 0.25) is 10.0 Å². The molecule has 1 aromatic carbocycles. The van der Waals surface area contributed by atoms with Crippen LogP contribution in [0.25, 0.3) is 0 Å². The second-order valence-electron chi connectivity index (χ2n) is 5.04. The van der Waals surface area contributed by atoms with E-state index in [4.69, 9.17) is 5.26 Å². The molecule has 0 aromatic heterocycles. The molecule has 0 aliphatic heterocycles. The van der Waals surface area contributed by atoms with Crippen molar-refractivity contribution in [3.8, 4) is 6.07 Å². The van der Waals surface area contributed by atoms with E-state index < -0.39 is 58.8 Å². The van der Waals surface area contributed by atoms with Gasteiger partial charge in [-0.25, -0.2) is 13.1 Å². The molecule has 0 spiro atoms. The highest BCUT2D eigenvalue weighted by molar-refractivity contribution is 7.88. The molecule has 0 aliphatic rings. The van der Waals surface area contributed by atoms with E-state index in [-0.39, 0.29) is 0 Å². The second kappa shape index (κ2) is 7.49. The summed E-state index contributed by atoms with van der Waals surface area (Å²) in [6.45, 7) is -2.53. The number of nitriles is 1. The molecule has 1 N–H and O–H groups in total. The number of anilines is 1. The second-order valence-corrected chi connectivity index (χ2v) is 6.88. The first-order valence-electron chi connectivity index (χ1n) is 6.60. The van der Waals surface area contributed by atoms with E-state index in [0.717, 1.165) is 18.4 Å². The molecule has 0 atom stereocenters. The van der Waals surface area contributed by atoms with Gasteiger partial charge in [0, 0.05) is 18.8 Å². The molecule has 140 valence electrons. The van der Waals surface area contributed by atoms with Crippen molar-refractivity contribution >= 4 is 15.7 Å². The zero-order valence-electron chi connectivity index (χ0n) is 12.7. The Morgan fingerprint density at radius 1 is 1.20 bits per heavy atom. The lowest BCUT2D eigenvalue weighted by atomic mass is 10.1. The summed E-state index contributed by atoms with van der Waals surface area (Å²) in [5.41, 5.74) is -2.52. The summed E-state index contributed by atoms with van der Waals surface area (Å²) in [6.07, 6.45) is -8.85. The molecule has 0 saturated carbocycles. The molecule has 0 bridgehead atoms. The van der Waals surface area contributed by atoms with E-state index in [1.807, 2.05) is 4.72 Å². The fourth-order valence-corrected chi connectivity index (χ4v) is 2.40. The summed E-state index contributed by atoms with van der Waals surface area (Å²) < 4.78 is 101. The van der Waals surface area contributed by atoms with Crippen molar-refractivity contribution in [2.45, 2.75) is 12.4 Å². The van der Waals surface area contributed by atoms with Crippen molar-refractivity contribution in [1.29, 1.82) is 5.26 Å². The molecule has 0 aliphatic carbocycles. The van der Waals surface area contributed by atoms with E-state index in [1.54, 1.807) is 0 Å². The Bertz CT molecular complexity index is 752. The molecular weight excluding hydrogens is 376 g/mol. The number of alkyl halides is 6. The monoisotopic (exact) mass is 389 g/mol. The third kappa shape index (κ3) is 7.18. The number of nitrogens with zero attached hydrogens (tertiary/aromatic N) is 2. The van der Waals surface area contributed by atoms with Crippen LogP contribution in [0.15, 0.2) is 18.2 Å². The summed E-state index contributed by atoms with van der Waals surface area (Å²) in [5.74, 6) is 0. The van der Waals surface area contributed by atoms with Crippen molar-refractivity contribution in [1.82, 2.24) is 4.72 Å². The van der Waals surface area contributed by atoms with Crippen LogP contribution in [0.4, 0.5) is 32.0 Å². The van der Waals surface area contributed by atoms with Crippen molar-refractivity contribution in [3.63, 3.8) is 0 Å². The smallest absolute Gasteiger partial charge is 0.361 e. The Morgan fingerprint density at radius 2 is 1.80 bits per heavy atom. The Balaban J connectivity index is 3.19. The molecule has 0 radical (unpaired) electrons. The SMILES string of the molecule is CS(=O)(=O)NCCN(CC(F)(F)F)c1ccc(C#N)c(C(F)(F)F)c1. The number of sulfonamides is 1. The first-order valence-corrected chi connectivity index (χ1v) is 8.50. The van der Waals surface area contributed by atoms with E-state index in [0.29, 0.717) is 11.0 Å². The lowest BCUT2D eigenvalue weighted by Crippen LogP contribution is -2.40. The Labute approximate surface area is 139 Å². The highest BCUT2D eigenvalue weighted by atomic mass is 32.2. The summed E-state index contributed by atoms with van der Waals surface area (Å²) >= 11 is 0. The van der Waals surface area contributed by atoms with Crippen LogP contribution >= 0.6 is 0 Å². The van der Waals surface area contributed by atoms with Gasteiger partial charge in [0.15, 0.2) is 0 Å². The number of hydrogen-bond donors (Lipinski definition) is 1. The van der Waals surface area contributed by atoms with Crippen LogP contribution in [0.5, 0.6) is 0 Å². The highest BCUT2D eigenvalue weighted by Gasteiger charge is 2.36. The van der Waals surface area contributed by atoms with Crippen LogP contribution < -0.4 is 9.62 Å². The maximum Gasteiger partial charge on any atom is 0.417 e. The summed E-state index contributed by atoms with van der Waals surface area (Å²) in [4.78, 5) is 0.550. The lowest BCUT2D eigenvalue weighted by molar-refractivity contribution is -0.137. The quantitative estimate of drug-likeness (QED) is 0.759. The standard InChI is InChI=1S/C13H13F6N3O2S/c1-25(23,24)21-4-5-22(8-12(14,15)16)10-3-2-9(7-20)11(6-10)13(17,18)19/h2-3,6,21H,4-5,8H2,1H3. The number of rotatable bonds is 6. The normalized spacial score (nSPS) is 12.7. The van der Waals surface area contributed by atoms with Crippen LogP contribution in [0.2, 0.25) is 0 Å². The van der Waals surface area contributed by atoms with Crippen molar-refractivity contribution < 1.29 is 34.8 Å². The molecule has 0 amide bonds. The average Bonchev–Trinajstić information content (AvgIpc) is 2.42. The zero-order chi connectivity index (χ0) is 19.5. The summed E-state index contributed by atoms with van der Waals surface area (Å²) in [5, 5.41) is 8.71. The van der Waals surface area contributed by atoms with Crippen molar-refractivity contribution in [3.05, 3.63) is 29.3 Å². The first kappa shape index (κ1) is 21.0. The molecule has 5 nitrogen and oxygen atoms in total. The molecule has 0 fully saturated rings. The molecule has 25 heavy (non-hydrogen) atoms. The average molecular weight is 389 g/mol. The third-order valence-corrected chi connectivity index (χ3v) is 3.64. The number of benzene rings is 1. The fraction of sp³-hybridized carbons (Fsp3) is 0.462. The topological polar surface area (TPSA) is 73.2 Å². The minimum absolute atomic E-state index is 0.432. The van der Waals surface area contributed by atoms with Gasteiger partial charge >= 0.3 is 12.4 Å². The minimum atomic E-state index is -4.92. The van der Waals surface area contributed by atoms with Gasteiger partial charge in [-0.05, 0) is 18.2 Å². The minimum Gasteiger partial charge on any atom is -0.361 e. The molecule has 1 aromatic rings. The molecule has 0 unspecified atom stereocenters. The lowest BCUT2D eigenvalue weighted by Gasteiger charge is -2.27. The zero-order valence-corrected chi connectivity index (χ0v) is 13.6. The van der Waals surface area contributed by atoms with Gasteiger partial charge in [0.25, 0.3) is 0 Å². The van der Waals surface area contributed by atoms with Gasteiger partial charge in [-0.15, -0.1) is 0 Å². The van der Waals surface area contributed by atoms with E-state index in [9.17, 15) is 34.8 Å². The van der Waals surface area contributed by atoms with E-state index in [2.05, 4.69) is 0 Å². The predicted octanol–water partition coefficient (Wildman–Crippen LogP) is 2.49. The number of nitrogens with one attached hydrogen (secondary N) is 1. The van der Waals surface area contributed by atoms with Crippen LogP contribution in [0.1, 0.15) is 11.1 Å². The molecule has 1 rings (SSSR count). The molecule has 12 heteroatoms. The Kier molecular flexibility index (Phi) is 6.30. The van der Waals surface area contributed by atoms with E-state index in [1.165, 1.54) is 6.07 Å². The van der Waals surface area contributed by atoms with Gasteiger partial charge < -0.3 is 4.90 Å². The maximum atomic E-state index is 12.9. The van der Waals surface area contributed by atoms with E-state index >= 15 is 0 Å². The van der Waals surface area contributed by atoms with Gasteiger partial charge in [-0.3, -0.25) is 0 Å². The summed E-state index contributed by atoms with van der Waals surface area (Å²) in [6, 6.07) is 3.48. The van der Waals surface area contributed by atoms with Gasteiger partial charge in [0.1, 0.15) is 6.54 Å². The molecule has 0 heterocycles. The highest BCUT2D eigenvalue weighted by Crippen LogP contribution is 2.35. The van der Waals surface area contributed by atoms with Crippen LogP contribution in [0.3, 0.4) is 0 Å². The van der Waals surface area contributed by atoms with Gasteiger partial charge in [-0.1, -0.05) is 0 Å². The molecule has 0 saturated heterocycles. The predicted molar refractivity (Wildman–Crippen MR) is 77.3 cm³/mol. The van der Waals surface area contributed by atoms with Crippen molar-refractivity contribution in [2.75, 3.05) is 30.8 Å². The van der Waals surface area contributed by atoms with Gasteiger partial charge in [0.05, 0.1) is 23.5 Å². The first-order chi connectivity index (χ1) is 11.2. The largest absolute Gasteiger partial charge is 0.417 e. The number of halogens is 6. The maximum absolute atomic E-state index is 12.9. The molecular formula is C13H13F6N3O2S. The van der Waals surface area contributed by atoms with Crippen LogP contribution in [-0.2, 0) is 16.2 Å². The van der Waals surface area contributed by atoms with Crippen LogP contribution in [0, 0.1) is 11.3 Å².